The summed E-state index contributed by atoms with van der Waals surface area (Å²) in [4.78, 5) is 11.1. The monoisotopic (exact) mass is 276 g/mol. The molecule has 0 aliphatic carbocycles. The Bertz CT molecular complexity index is 418. The number of hydrogen-bond donors (Lipinski definition) is 1. The third-order valence-corrected chi connectivity index (χ3v) is 4.56. The van der Waals surface area contributed by atoms with E-state index in [0.29, 0.717) is 10.9 Å². The van der Waals surface area contributed by atoms with Gasteiger partial charge in [0.2, 0.25) is 0 Å². The molecule has 0 fully saturated rings. The number of aryl methyl sites for hydroxylation is 2. The van der Waals surface area contributed by atoms with Crippen molar-refractivity contribution < 1.29 is 9.90 Å². The van der Waals surface area contributed by atoms with Gasteiger partial charge in [0.1, 0.15) is 10.4 Å². The first-order chi connectivity index (χ1) is 7.84. The van der Waals surface area contributed by atoms with E-state index >= 15 is 0 Å². The van der Waals surface area contributed by atoms with Crippen LogP contribution in [0.4, 0.5) is 0 Å². The Balaban J connectivity index is 2.75. The predicted molar refractivity (Wildman–Crippen MR) is 70.5 cm³/mol. The van der Waals surface area contributed by atoms with Gasteiger partial charge in [-0.3, -0.25) is 9.48 Å². The molecule has 17 heavy (non-hydrogen) atoms. The van der Waals surface area contributed by atoms with Crippen LogP contribution >= 0.6 is 23.4 Å². The average Bonchev–Trinajstić information content (AvgIpc) is 2.43. The Labute approximate surface area is 110 Å². The number of carboxylic acid groups (broad SMARTS) is 1. The topological polar surface area (TPSA) is 55.1 Å². The molecule has 1 aromatic heterocycles. The van der Waals surface area contributed by atoms with Crippen molar-refractivity contribution in [2.24, 2.45) is 13.0 Å². The molecule has 0 saturated carbocycles. The summed E-state index contributed by atoms with van der Waals surface area (Å²) < 4.78 is 1.61. The molecule has 1 rings (SSSR count). The highest BCUT2D eigenvalue weighted by Gasteiger charge is 2.23. The minimum absolute atomic E-state index is 0.0910. The Morgan fingerprint density at radius 3 is 2.53 bits per heavy atom. The van der Waals surface area contributed by atoms with Crippen LogP contribution in [0, 0.1) is 12.8 Å². The molecule has 0 aliphatic heterocycles. The zero-order valence-electron chi connectivity index (χ0n) is 10.4. The van der Waals surface area contributed by atoms with Gasteiger partial charge in [-0.1, -0.05) is 25.4 Å². The Kier molecular flexibility index (Phi) is 4.89. The summed E-state index contributed by atoms with van der Waals surface area (Å²) in [6, 6.07) is 0. The number of aliphatic carboxylic acids is 1. The molecule has 0 amide bonds. The summed E-state index contributed by atoms with van der Waals surface area (Å²) in [5.41, 5.74) is 1.78. The molecule has 0 radical (unpaired) electrons. The van der Waals surface area contributed by atoms with Gasteiger partial charge in [-0.25, -0.2) is 0 Å². The quantitative estimate of drug-likeness (QED) is 0.898. The van der Waals surface area contributed by atoms with Crippen LogP contribution in [0.3, 0.4) is 0 Å². The molecule has 0 aliphatic rings. The van der Waals surface area contributed by atoms with Gasteiger partial charge in [0.25, 0.3) is 0 Å². The summed E-state index contributed by atoms with van der Waals surface area (Å²) in [6.45, 7) is 5.69. The lowest BCUT2D eigenvalue weighted by Crippen LogP contribution is -2.22. The number of thioether (sulfide) groups is 1. The Hall–Kier alpha value is -0.680. The van der Waals surface area contributed by atoms with Crippen LogP contribution in [0.2, 0.25) is 5.15 Å². The van der Waals surface area contributed by atoms with Crippen molar-refractivity contribution in [2.75, 3.05) is 0 Å². The van der Waals surface area contributed by atoms with Gasteiger partial charge in [0.05, 0.1) is 5.69 Å². The zero-order chi connectivity index (χ0) is 13.2. The van der Waals surface area contributed by atoms with Crippen molar-refractivity contribution in [3.8, 4) is 0 Å². The number of rotatable bonds is 5. The largest absolute Gasteiger partial charge is 0.480 e. The molecule has 0 spiro atoms. The number of carbonyl (C=O) groups is 1. The lowest BCUT2D eigenvalue weighted by molar-refractivity contribution is -0.137. The molecule has 96 valence electrons. The highest BCUT2D eigenvalue weighted by molar-refractivity contribution is 7.99. The van der Waals surface area contributed by atoms with E-state index in [4.69, 9.17) is 16.7 Å². The van der Waals surface area contributed by atoms with Crippen molar-refractivity contribution in [2.45, 2.75) is 31.8 Å². The van der Waals surface area contributed by atoms with E-state index in [-0.39, 0.29) is 5.92 Å². The van der Waals surface area contributed by atoms with Gasteiger partial charge in [0, 0.05) is 18.4 Å². The molecule has 4 nitrogen and oxygen atoms in total. The van der Waals surface area contributed by atoms with Crippen molar-refractivity contribution >= 4 is 29.3 Å². The van der Waals surface area contributed by atoms with E-state index in [2.05, 4.69) is 5.10 Å². The number of hydrogen-bond acceptors (Lipinski definition) is 3. The fourth-order valence-electron chi connectivity index (χ4n) is 1.56. The maximum absolute atomic E-state index is 11.1. The molecule has 0 aromatic carbocycles. The maximum Gasteiger partial charge on any atom is 0.316 e. The summed E-state index contributed by atoms with van der Waals surface area (Å²) in [7, 11) is 1.78. The van der Waals surface area contributed by atoms with E-state index < -0.39 is 11.2 Å². The molecule has 1 N–H and O–H groups in total. The Morgan fingerprint density at radius 2 is 2.18 bits per heavy atom. The first-order valence-electron chi connectivity index (χ1n) is 5.37. The molecule has 0 saturated heterocycles. The second kappa shape index (κ2) is 5.78. The second-order valence-electron chi connectivity index (χ2n) is 4.29. The molecule has 0 bridgehead atoms. The van der Waals surface area contributed by atoms with Crippen molar-refractivity contribution in [3.05, 3.63) is 16.4 Å². The highest BCUT2D eigenvalue weighted by Crippen LogP contribution is 2.28. The van der Waals surface area contributed by atoms with Crippen molar-refractivity contribution in [1.82, 2.24) is 9.78 Å². The van der Waals surface area contributed by atoms with Gasteiger partial charge in [-0.15, -0.1) is 11.8 Å². The summed E-state index contributed by atoms with van der Waals surface area (Å²) in [5.74, 6) is -0.107. The smallest absolute Gasteiger partial charge is 0.316 e. The Morgan fingerprint density at radius 1 is 1.59 bits per heavy atom. The fraction of sp³-hybridized carbons (Fsp3) is 0.636. The standard InChI is InChI=1S/C11H17ClN2O2S/c1-6(2)9(11(15)16)17-5-8-7(3)13-14(4)10(8)12/h6,9H,5H2,1-4H3,(H,15,16). The number of nitrogens with zero attached hydrogens (tertiary/aromatic N) is 2. The van der Waals surface area contributed by atoms with Crippen molar-refractivity contribution in [3.63, 3.8) is 0 Å². The van der Waals surface area contributed by atoms with Gasteiger partial charge in [0.15, 0.2) is 0 Å². The van der Waals surface area contributed by atoms with E-state index in [1.54, 1.807) is 11.7 Å². The van der Waals surface area contributed by atoms with Crippen LogP contribution in [0.5, 0.6) is 0 Å². The van der Waals surface area contributed by atoms with Gasteiger partial charge in [-0.2, -0.15) is 5.10 Å². The summed E-state index contributed by atoms with van der Waals surface area (Å²) in [5, 5.41) is 13.5. The predicted octanol–water partition coefficient (Wildman–Crippen LogP) is 2.72. The molecular formula is C11H17ClN2O2S. The first-order valence-corrected chi connectivity index (χ1v) is 6.79. The lowest BCUT2D eigenvalue weighted by atomic mass is 10.1. The summed E-state index contributed by atoms with van der Waals surface area (Å²) in [6.07, 6.45) is 0. The molecule has 1 aromatic rings. The minimum Gasteiger partial charge on any atom is -0.480 e. The number of halogens is 1. The van der Waals surface area contributed by atoms with Crippen LogP contribution in [0.25, 0.3) is 0 Å². The second-order valence-corrected chi connectivity index (χ2v) is 5.78. The van der Waals surface area contributed by atoms with Crippen LogP contribution in [-0.4, -0.2) is 26.1 Å². The fourth-order valence-corrected chi connectivity index (χ4v) is 3.10. The molecule has 1 atom stereocenters. The normalized spacial score (nSPS) is 13.1. The van der Waals surface area contributed by atoms with E-state index in [1.807, 2.05) is 20.8 Å². The third-order valence-electron chi connectivity index (χ3n) is 2.53. The molecule has 1 unspecified atom stereocenters. The van der Waals surface area contributed by atoms with Gasteiger partial charge >= 0.3 is 5.97 Å². The SMILES string of the molecule is Cc1nn(C)c(Cl)c1CSC(C(=O)O)C(C)C. The van der Waals surface area contributed by atoms with Crippen LogP contribution < -0.4 is 0 Å². The summed E-state index contributed by atoms with van der Waals surface area (Å²) >= 11 is 7.49. The molecular weight excluding hydrogens is 260 g/mol. The highest BCUT2D eigenvalue weighted by atomic mass is 35.5. The molecule has 6 heteroatoms. The number of carboxylic acids is 1. The third kappa shape index (κ3) is 3.39. The van der Waals surface area contributed by atoms with Crippen LogP contribution in [0.1, 0.15) is 25.1 Å². The van der Waals surface area contributed by atoms with E-state index in [0.717, 1.165) is 11.3 Å². The van der Waals surface area contributed by atoms with E-state index in [9.17, 15) is 4.79 Å². The zero-order valence-corrected chi connectivity index (χ0v) is 12.0. The van der Waals surface area contributed by atoms with Gasteiger partial charge < -0.3 is 5.11 Å². The van der Waals surface area contributed by atoms with E-state index in [1.165, 1.54) is 11.8 Å². The lowest BCUT2D eigenvalue weighted by Gasteiger charge is -2.15. The minimum atomic E-state index is -0.775. The number of aromatic nitrogens is 2. The molecule has 1 heterocycles. The van der Waals surface area contributed by atoms with Crippen LogP contribution in [-0.2, 0) is 17.6 Å². The maximum atomic E-state index is 11.1. The van der Waals surface area contributed by atoms with Crippen LogP contribution in [0.15, 0.2) is 0 Å². The van der Waals surface area contributed by atoms with Gasteiger partial charge in [-0.05, 0) is 12.8 Å². The first kappa shape index (κ1) is 14.4. The van der Waals surface area contributed by atoms with Crippen molar-refractivity contribution in [1.29, 1.82) is 0 Å². The average molecular weight is 277 g/mol.